The SMILES string of the molecule is Cc1cc(C(=O)NCCCC(C)CBr)sc1C. The Morgan fingerprint density at radius 1 is 1.53 bits per heavy atom. The van der Waals surface area contributed by atoms with Crippen LogP contribution in [0.15, 0.2) is 6.07 Å². The molecule has 0 bridgehead atoms. The van der Waals surface area contributed by atoms with Crippen LogP contribution in [-0.2, 0) is 0 Å². The first-order valence-electron chi connectivity index (χ1n) is 5.95. The molecule has 96 valence electrons. The highest BCUT2D eigenvalue weighted by Crippen LogP contribution is 2.20. The molecule has 4 heteroatoms. The molecule has 0 aliphatic carbocycles. The molecule has 0 saturated carbocycles. The third-order valence-corrected chi connectivity index (χ3v) is 5.07. The Hall–Kier alpha value is -0.350. The first kappa shape index (κ1) is 14.7. The van der Waals surface area contributed by atoms with Gasteiger partial charge in [0.25, 0.3) is 5.91 Å². The monoisotopic (exact) mass is 317 g/mol. The smallest absolute Gasteiger partial charge is 0.261 e. The second-order valence-electron chi connectivity index (χ2n) is 4.51. The Balaban J connectivity index is 2.30. The Kier molecular flexibility index (Phi) is 6.20. The van der Waals surface area contributed by atoms with E-state index in [2.05, 4.69) is 35.1 Å². The maximum Gasteiger partial charge on any atom is 0.261 e. The van der Waals surface area contributed by atoms with E-state index in [0.717, 1.165) is 29.6 Å². The summed E-state index contributed by atoms with van der Waals surface area (Å²) in [6.07, 6.45) is 2.19. The summed E-state index contributed by atoms with van der Waals surface area (Å²) >= 11 is 5.03. The van der Waals surface area contributed by atoms with Gasteiger partial charge in [-0.2, -0.15) is 0 Å². The zero-order valence-electron chi connectivity index (χ0n) is 10.7. The summed E-state index contributed by atoms with van der Waals surface area (Å²) in [4.78, 5) is 13.9. The molecular formula is C13H20BrNOS. The molecule has 0 fully saturated rings. The minimum Gasteiger partial charge on any atom is -0.351 e. The molecule has 0 aliphatic heterocycles. The number of amides is 1. The predicted octanol–water partition coefficient (Wildman–Crippen LogP) is 3.91. The van der Waals surface area contributed by atoms with Crippen LogP contribution in [0.1, 0.15) is 39.9 Å². The first-order chi connectivity index (χ1) is 8.04. The molecule has 0 radical (unpaired) electrons. The van der Waals surface area contributed by atoms with Crippen molar-refractivity contribution in [3.05, 3.63) is 21.4 Å². The van der Waals surface area contributed by atoms with Crippen molar-refractivity contribution in [2.75, 3.05) is 11.9 Å². The lowest BCUT2D eigenvalue weighted by Gasteiger charge is -2.07. The van der Waals surface area contributed by atoms with Crippen molar-refractivity contribution in [2.45, 2.75) is 33.6 Å². The summed E-state index contributed by atoms with van der Waals surface area (Å²) in [7, 11) is 0. The number of alkyl halides is 1. The van der Waals surface area contributed by atoms with Crippen molar-refractivity contribution in [1.82, 2.24) is 5.32 Å². The van der Waals surface area contributed by atoms with Crippen LogP contribution in [-0.4, -0.2) is 17.8 Å². The zero-order valence-corrected chi connectivity index (χ0v) is 13.1. The Morgan fingerprint density at radius 2 is 2.24 bits per heavy atom. The summed E-state index contributed by atoms with van der Waals surface area (Å²) in [5, 5.41) is 4.01. The topological polar surface area (TPSA) is 29.1 Å². The summed E-state index contributed by atoms with van der Waals surface area (Å²) in [5.41, 5.74) is 1.20. The molecule has 1 unspecified atom stereocenters. The molecule has 1 heterocycles. The maximum absolute atomic E-state index is 11.8. The van der Waals surface area contributed by atoms with Gasteiger partial charge in [-0.1, -0.05) is 22.9 Å². The highest BCUT2D eigenvalue weighted by molar-refractivity contribution is 9.09. The van der Waals surface area contributed by atoms with Gasteiger partial charge in [0.2, 0.25) is 0 Å². The number of hydrogen-bond acceptors (Lipinski definition) is 2. The van der Waals surface area contributed by atoms with Crippen molar-refractivity contribution in [1.29, 1.82) is 0 Å². The summed E-state index contributed by atoms with van der Waals surface area (Å²) in [5.74, 6) is 0.746. The fraction of sp³-hybridized carbons (Fsp3) is 0.615. The first-order valence-corrected chi connectivity index (χ1v) is 7.89. The summed E-state index contributed by atoms with van der Waals surface area (Å²) in [6.45, 7) is 7.07. The molecule has 1 aromatic rings. The van der Waals surface area contributed by atoms with Gasteiger partial charge in [-0.05, 0) is 44.2 Å². The Morgan fingerprint density at radius 3 is 2.76 bits per heavy atom. The summed E-state index contributed by atoms with van der Waals surface area (Å²) < 4.78 is 0. The largest absolute Gasteiger partial charge is 0.351 e. The molecule has 0 saturated heterocycles. The van der Waals surface area contributed by atoms with Crippen LogP contribution in [0.2, 0.25) is 0 Å². The van der Waals surface area contributed by atoms with E-state index >= 15 is 0 Å². The molecule has 0 spiro atoms. The predicted molar refractivity (Wildman–Crippen MR) is 78.3 cm³/mol. The van der Waals surface area contributed by atoms with E-state index in [0.29, 0.717) is 5.92 Å². The van der Waals surface area contributed by atoms with Gasteiger partial charge in [-0.3, -0.25) is 4.79 Å². The fourth-order valence-corrected chi connectivity index (χ4v) is 2.78. The third-order valence-electron chi connectivity index (χ3n) is 2.81. The van der Waals surface area contributed by atoms with E-state index in [1.807, 2.05) is 13.0 Å². The van der Waals surface area contributed by atoms with E-state index < -0.39 is 0 Å². The zero-order chi connectivity index (χ0) is 12.8. The molecule has 17 heavy (non-hydrogen) atoms. The van der Waals surface area contributed by atoms with Gasteiger partial charge in [-0.25, -0.2) is 0 Å². The molecular weight excluding hydrogens is 298 g/mol. The molecule has 1 atom stereocenters. The Labute approximate surface area is 116 Å². The van der Waals surface area contributed by atoms with Gasteiger partial charge in [0.15, 0.2) is 0 Å². The minimum atomic E-state index is 0.0673. The molecule has 2 nitrogen and oxygen atoms in total. The van der Waals surface area contributed by atoms with Crippen LogP contribution in [0.3, 0.4) is 0 Å². The lowest BCUT2D eigenvalue weighted by atomic mass is 10.1. The van der Waals surface area contributed by atoms with Crippen LogP contribution in [0.4, 0.5) is 0 Å². The van der Waals surface area contributed by atoms with E-state index in [1.165, 1.54) is 10.4 Å². The Bertz CT molecular complexity index is 356. The second kappa shape index (κ2) is 7.17. The molecule has 1 N–H and O–H groups in total. The quantitative estimate of drug-likeness (QED) is 0.625. The number of carbonyl (C=O) groups excluding carboxylic acids is 1. The number of nitrogens with one attached hydrogen (secondary N) is 1. The third kappa shape index (κ3) is 4.80. The van der Waals surface area contributed by atoms with Crippen LogP contribution in [0.5, 0.6) is 0 Å². The van der Waals surface area contributed by atoms with Crippen LogP contribution in [0, 0.1) is 19.8 Å². The van der Waals surface area contributed by atoms with Gasteiger partial charge in [0.1, 0.15) is 0 Å². The van der Waals surface area contributed by atoms with E-state index in [4.69, 9.17) is 0 Å². The number of carbonyl (C=O) groups is 1. The minimum absolute atomic E-state index is 0.0673. The van der Waals surface area contributed by atoms with Crippen molar-refractivity contribution < 1.29 is 4.79 Å². The number of rotatable bonds is 6. The number of thiophene rings is 1. The average molecular weight is 318 g/mol. The van der Waals surface area contributed by atoms with Crippen LogP contribution >= 0.6 is 27.3 Å². The highest BCUT2D eigenvalue weighted by atomic mass is 79.9. The second-order valence-corrected chi connectivity index (χ2v) is 6.41. The molecule has 0 aromatic carbocycles. The van der Waals surface area contributed by atoms with Gasteiger partial charge >= 0.3 is 0 Å². The van der Waals surface area contributed by atoms with Gasteiger partial charge in [0, 0.05) is 16.8 Å². The normalized spacial score (nSPS) is 12.5. The van der Waals surface area contributed by atoms with Crippen molar-refractivity contribution in [3.8, 4) is 0 Å². The van der Waals surface area contributed by atoms with Gasteiger partial charge in [0.05, 0.1) is 4.88 Å². The standard InChI is InChI=1S/C13H20BrNOS/c1-9(8-14)5-4-6-15-13(16)12-7-10(2)11(3)17-12/h7,9H,4-6,8H2,1-3H3,(H,15,16). The molecule has 1 aromatic heterocycles. The lowest BCUT2D eigenvalue weighted by molar-refractivity contribution is 0.0956. The fourth-order valence-electron chi connectivity index (χ4n) is 1.50. The van der Waals surface area contributed by atoms with Crippen LogP contribution in [0.25, 0.3) is 0 Å². The molecule has 1 amide bonds. The van der Waals surface area contributed by atoms with Crippen molar-refractivity contribution in [2.24, 2.45) is 5.92 Å². The van der Waals surface area contributed by atoms with E-state index in [1.54, 1.807) is 11.3 Å². The number of hydrogen-bond donors (Lipinski definition) is 1. The van der Waals surface area contributed by atoms with E-state index in [-0.39, 0.29) is 5.91 Å². The van der Waals surface area contributed by atoms with Gasteiger partial charge in [-0.15, -0.1) is 11.3 Å². The number of halogens is 1. The summed E-state index contributed by atoms with van der Waals surface area (Å²) in [6, 6.07) is 1.97. The number of aryl methyl sites for hydroxylation is 2. The van der Waals surface area contributed by atoms with Crippen LogP contribution < -0.4 is 5.32 Å². The average Bonchev–Trinajstić information content (AvgIpc) is 2.64. The van der Waals surface area contributed by atoms with Crippen molar-refractivity contribution >= 4 is 33.2 Å². The highest BCUT2D eigenvalue weighted by Gasteiger charge is 2.09. The molecule has 1 rings (SSSR count). The van der Waals surface area contributed by atoms with E-state index in [9.17, 15) is 4.79 Å². The lowest BCUT2D eigenvalue weighted by Crippen LogP contribution is -2.23. The molecule has 0 aliphatic rings. The van der Waals surface area contributed by atoms with Gasteiger partial charge < -0.3 is 5.32 Å². The maximum atomic E-state index is 11.8. The van der Waals surface area contributed by atoms with Crippen molar-refractivity contribution in [3.63, 3.8) is 0 Å².